The number of nitrogens with two attached hydrogens (primary N) is 1. The molecule has 5 nitrogen and oxygen atoms in total. The minimum atomic E-state index is 0.149. The van der Waals surface area contributed by atoms with Crippen LogP contribution in [0.1, 0.15) is 27.2 Å². The molecular weight excluding hydrogens is 228 g/mol. The van der Waals surface area contributed by atoms with Gasteiger partial charge in [-0.15, -0.1) is 0 Å². The van der Waals surface area contributed by atoms with Gasteiger partial charge in [0.25, 0.3) is 0 Å². The molecule has 0 rings (SSSR count). The van der Waals surface area contributed by atoms with Crippen molar-refractivity contribution >= 4 is 12.0 Å². The van der Waals surface area contributed by atoms with Gasteiger partial charge in [-0.25, -0.2) is 0 Å². The van der Waals surface area contributed by atoms with Crippen molar-refractivity contribution in [1.29, 1.82) is 5.41 Å². The van der Waals surface area contributed by atoms with Gasteiger partial charge < -0.3 is 21.3 Å². The van der Waals surface area contributed by atoms with E-state index >= 15 is 0 Å². The van der Waals surface area contributed by atoms with Crippen LogP contribution in [-0.4, -0.2) is 31.3 Å². The first-order chi connectivity index (χ1) is 8.56. The Morgan fingerprint density at radius 3 is 2.67 bits per heavy atom. The fourth-order valence-corrected chi connectivity index (χ4v) is 1.38. The van der Waals surface area contributed by atoms with E-state index in [-0.39, 0.29) is 12.6 Å². The fraction of sp³-hybridized carbons (Fsp3) is 0.538. The van der Waals surface area contributed by atoms with Gasteiger partial charge >= 0.3 is 0 Å². The Hall–Kier alpha value is -1.46. The van der Waals surface area contributed by atoms with Crippen LogP contribution in [0, 0.1) is 5.41 Å². The van der Waals surface area contributed by atoms with E-state index in [4.69, 9.17) is 11.1 Å². The third-order valence-electron chi connectivity index (χ3n) is 2.68. The van der Waals surface area contributed by atoms with Crippen LogP contribution < -0.4 is 16.4 Å². The maximum atomic E-state index is 10.2. The van der Waals surface area contributed by atoms with Crippen molar-refractivity contribution in [2.24, 2.45) is 5.73 Å². The third-order valence-corrected chi connectivity index (χ3v) is 2.68. The van der Waals surface area contributed by atoms with Crippen LogP contribution in [0.25, 0.3) is 0 Å². The first-order valence-corrected chi connectivity index (χ1v) is 6.13. The van der Waals surface area contributed by atoms with Crippen LogP contribution in [0.15, 0.2) is 23.4 Å². The average molecular weight is 252 g/mol. The van der Waals surface area contributed by atoms with Crippen LogP contribution in [0.2, 0.25) is 0 Å². The molecule has 0 saturated carbocycles. The Morgan fingerprint density at radius 2 is 2.17 bits per heavy atom. The normalized spacial score (nSPS) is 14.2. The molecule has 0 heterocycles. The first-order valence-electron chi connectivity index (χ1n) is 6.13. The summed E-state index contributed by atoms with van der Waals surface area (Å²) in [5.74, 6) is 0. The minimum Gasteiger partial charge on any atom is -0.384 e. The lowest BCUT2D eigenvalue weighted by Gasteiger charge is -2.13. The highest BCUT2D eigenvalue weighted by molar-refractivity contribution is 6.06. The molecule has 0 aliphatic carbocycles. The molecule has 0 aliphatic rings. The van der Waals surface area contributed by atoms with Crippen molar-refractivity contribution in [2.75, 3.05) is 13.2 Å². The quantitative estimate of drug-likeness (QED) is 0.213. The van der Waals surface area contributed by atoms with Gasteiger partial charge in [0.2, 0.25) is 0 Å². The summed E-state index contributed by atoms with van der Waals surface area (Å²) in [5.41, 5.74) is 7.80. The van der Waals surface area contributed by atoms with Gasteiger partial charge in [0.05, 0.1) is 12.3 Å². The summed E-state index contributed by atoms with van der Waals surface area (Å²) in [6, 6.07) is 0.149. The second-order valence-electron chi connectivity index (χ2n) is 4.03. The number of nitrogens with one attached hydrogen (secondary N) is 3. The number of carbonyl (C=O) groups is 1. The molecule has 5 heteroatoms. The third kappa shape index (κ3) is 6.32. The minimum absolute atomic E-state index is 0.149. The summed E-state index contributed by atoms with van der Waals surface area (Å²) >= 11 is 0. The molecule has 1 atom stereocenters. The molecular formula is C13H24N4O. The highest BCUT2D eigenvalue weighted by Crippen LogP contribution is 2.07. The lowest BCUT2D eigenvalue weighted by Crippen LogP contribution is -2.32. The fourth-order valence-electron chi connectivity index (χ4n) is 1.38. The molecule has 18 heavy (non-hydrogen) atoms. The second kappa shape index (κ2) is 9.56. The predicted octanol–water partition coefficient (Wildman–Crippen LogP) is 0.929. The van der Waals surface area contributed by atoms with Crippen LogP contribution in [0.5, 0.6) is 0 Å². The molecule has 0 aromatic heterocycles. The summed E-state index contributed by atoms with van der Waals surface area (Å²) < 4.78 is 0. The van der Waals surface area contributed by atoms with Gasteiger partial charge in [-0.2, -0.15) is 0 Å². The van der Waals surface area contributed by atoms with E-state index in [9.17, 15) is 4.79 Å². The Labute approximate surface area is 109 Å². The molecule has 0 aliphatic heterocycles. The van der Waals surface area contributed by atoms with Gasteiger partial charge in [0.15, 0.2) is 0 Å². The van der Waals surface area contributed by atoms with Gasteiger partial charge in [-0.1, -0.05) is 12.5 Å². The zero-order chi connectivity index (χ0) is 14.0. The molecule has 0 aromatic carbocycles. The van der Waals surface area contributed by atoms with E-state index in [1.807, 2.05) is 26.8 Å². The Balaban J connectivity index is 4.64. The first kappa shape index (κ1) is 16.5. The smallest absolute Gasteiger partial charge is 0.139 e. The number of hydrogen-bond acceptors (Lipinski definition) is 5. The lowest BCUT2D eigenvalue weighted by atomic mass is 10.0. The molecule has 0 bridgehead atoms. The van der Waals surface area contributed by atoms with Gasteiger partial charge in [0, 0.05) is 18.9 Å². The molecule has 0 radical (unpaired) electrons. The van der Waals surface area contributed by atoms with Crippen molar-refractivity contribution < 1.29 is 4.79 Å². The van der Waals surface area contributed by atoms with Crippen LogP contribution >= 0.6 is 0 Å². The maximum absolute atomic E-state index is 10.2. The standard InChI is InChI=1S/C13H24N4O/c1-4-12(8-16-5-6-18)13(15)7-10(2)11(3)17-9-14/h6-8,11,15-17H,4-5,9,14H2,1-3H3/b10-7-,12-8-,15-13?. The summed E-state index contributed by atoms with van der Waals surface area (Å²) in [5, 5.41) is 14.0. The van der Waals surface area contributed by atoms with Gasteiger partial charge in [0.1, 0.15) is 6.29 Å². The van der Waals surface area contributed by atoms with E-state index < -0.39 is 0 Å². The van der Waals surface area contributed by atoms with Gasteiger partial charge in [-0.3, -0.25) is 5.32 Å². The highest BCUT2D eigenvalue weighted by atomic mass is 16.1. The highest BCUT2D eigenvalue weighted by Gasteiger charge is 2.05. The Kier molecular flexibility index (Phi) is 8.78. The van der Waals surface area contributed by atoms with Crippen molar-refractivity contribution in [3.63, 3.8) is 0 Å². The number of carbonyl (C=O) groups excluding carboxylic acids is 1. The lowest BCUT2D eigenvalue weighted by molar-refractivity contribution is -0.107. The monoisotopic (exact) mass is 252 g/mol. The van der Waals surface area contributed by atoms with E-state index in [2.05, 4.69) is 10.6 Å². The van der Waals surface area contributed by atoms with E-state index in [0.717, 1.165) is 23.9 Å². The second-order valence-corrected chi connectivity index (χ2v) is 4.03. The number of allylic oxidation sites excluding steroid dienone is 2. The summed E-state index contributed by atoms with van der Waals surface area (Å²) in [6.45, 7) is 6.63. The van der Waals surface area contributed by atoms with Crippen molar-refractivity contribution in [1.82, 2.24) is 10.6 Å². The Morgan fingerprint density at radius 1 is 1.50 bits per heavy atom. The summed E-state index contributed by atoms with van der Waals surface area (Å²) in [6.07, 6.45) is 5.09. The van der Waals surface area contributed by atoms with E-state index in [1.165, 1.54) is 0 Å². The maximum Gasteiger partial charge on any atom is 0.139 e. The molecule has 0 fully saturated rings. The predicted molar refractivity (Wildman–Crippen MR) is 75.6 cm³/mol. The van der Waals surface area contributed by atoms with Gasteiger partial charge in [-0.05, 0) is 31.9 Å². The van der Waals surface area contributed by atoms with Crippen molar-refractivity contribution in [2.45, 2.75) is 33.2 Å². The Bertz CT molecular complexity index is 334. The molecule has 0 aromatic rings. The van der Waals surface area contributed by atoms with Crippen LogP contribution in [0.3, 0.4) is 0 Å². The molecule has 1 unspecified atom stereocenters. The van der Waals surface area contributed by atoms with E-state index in [1.54, 1.807) is 6.20 Å². The van der Waals surface area contributed by atoms with Crippen molar-refractivity contribution in [3.8, 4) is 0 Å². The molecule has 0 spiro atoms. The summed E-state index contributed by atoms with van der Waals surface area (Å²) in [4.78, 5) is 10.2. The van der Waals surface area contributed by atoms with Crippen molar-refractivity contribution in [3.05, 3.63) is 23.4 Å². The molecule has 0 amide bonds. The van der Waals surface area contributed by atoms with Crippen LogP contribution in [-0.2, 0) is 4.79 Å². The number of rotatable bonds is 9. The van der Waals surface area contributed by atoms with E-state index in [0.29, 0.717) is 12.4 Å². The zero-order valence-corrected chi connectivity index (χ0v) is 11.4. The SMILES string of the molecule is CC/C(=C/NCC=O)C(=N)/C=C(/C)C(C)NCN. The molecule has 5 N–H and O–H groups in total. The topological polar surface area (TPSA) is 91.0 Å². The summed E-state index contributed by atoms with van der Waals surface area (Å²) in [7, 11) is 0. The molecule has 102 valence electrons. The van der Waals surface area contributed by atoms with Crippen LogP contribution in [0.4, 0.5) is 0 Å². The zero-order valence-electron chi connectivity index (χ0n) is 11.4. The largest absolute Gasteiger partial charge is 0.384 e. The molecule has 0 saturated heterocycles. The average Bonchev–Trinajstić information content (AvgIpc) is 2.34. The number of hydrogen-bond donors (Lipinski definition) is 4. The number of aldehydes is 1.